The highest BCUT2D eigenvalue weighted by Gasteiger charge is 2.48. The summed E-state index contributed by atoms with van der Waals surface area (Å²) >= 11 is 0. The third kappa shape index (κ3) is 3.63. The smallest absolute Gasteiger partial charge is 0.335 e. The van der Waals surface area contributed by atoms with Crippen LogP contribution in [0, 0.1) is 0 Å². The van der Waals surface area contributed by atoms with Gasteiger partial charge in [0.2, 0.25) is 11.8 Å². The van der Waals surface area contributed by atoms with E-state index in [0.717, 1.165) is 6.92 Å². The quantitative estimate of drug-likeness (QED) is 0.373. The maximum atomic E-state index is 11.1. The van der Waals surface area contributed by atoms with Crippen molar-refractivity contribution in [2.75, 3.05) is 0 Å². The Labute approximate surface area is 108 Å². The minimum atomic E-state index is -1.70. The number of hydrogen-bond acceptors (Lipinski definition) is 6. The fourth-order valence-corrected chi connectivity index (χ4v) is 1.90. The van der Waals surface area contributed by atoms with E-state index in [0.29, 0.717) is 0 Å². The van der Waals surface area contributed by atoms with Crippen LogP contribution in [0.1, 0.15) is 13.8 Å². The zero-order chi connectivity index (χ0) is 14.7. The lowest BCUT2D eigenvalue weighted by Crippen LogP contribution is -2.69. The van der Waals surface area contributed by atoms with Crippen molar-refractivity contribution in [1.29, 1.82) is 0 Å². The zero-order valence-corrected chi connectivity index (χ0v) is 10.4. The van der Waals surface area contributed by atoms with Gasteiger partial charge in [-0.25, -0.2) is 4.79 Å². The van der Waals surface area contributed by atoms with Gasteiger partial charge < -0.3 is 30.7 Å². The zero-order valence-electron chi connectivity index (χ0n) is 10.4. The molecule has 1 fully saturated rings. The number of ether oxygens (including phenoxy) is 1. The molecule has 0 aromatic heterocycles. The minimum Gasteiger partial charge on any atom is -0.479 e. The summed E-state index contributed by atoms with van der Waals surface area (Å²) in [6, 6.07) is -2.32. The number of carboxylic acid groups (broad SMARTS) is 1. The van der Waals surface area contributed by atoms with Crippen molar-refractivity contribution in [3.63, 3.8) is 0 Å². The highest BCUT2D eigenvalue weighted by molar-refractivity contribution is 5.77. The Balaban J connectivity index is 2.98. The Bertz CT molecular complexity index is 386. The van der Waals surface area contributed by atoms with Gasteiger partial charge >= 0.3 is 5.97 Å². The van der Waals surface area contributed by atoms with E-state index in [1.165, 1.54) is 6.92 Å². The summed E-state index contributed by atoms with van der Waals surface area (Å²) in [7, 11) is 0. The van der Waals surface area contributed by atoms with Crippen molar-refractivity contribution in [2.24, 2.45) is 0 Å². The average molecular weight is 276 g/mol. The van der Waals surface area contributed by atoms with E-state index in [1.807, 2.05) is 0 Å². The van der Waals surface area contributed by atoms with E-state index in [2.05, 4.69) is 10.6 Å². The lowest BCUT2D eigenvalue weighted by molar-refractivity contribution is -0.229. The molecule has 108 valence electrons. The van der Waals surface area contributed by atoms with Gasteiger partial charge in [-0.3, -0.25) is 9.59 Å². The molecule has 1 rings (SSSR count). The average Bonchev–Trinajstić information content (AvgIpc) is 2.26. The first kappa shape index (κ1) is 15.3. The van der Waals surface area contributed by atoms with Crippen LogP contribution in [-0.4, -0.2) is 63.7 Å². The van der Waals surface area contributed by atoms with Gasteiger partial charge in [0.1, 0.15) is 12.1 Å². The molecule has 0 radical (unpaired) electrons. The molecule has 0 saturated carbocycles. The van der Waals surface area contributed by atoms with Crippen LogP contribution in [0.5, 0.6) is 0 Å². The summed E-state index contributed by atoms with van der Waals surface area (Å²) in [5.74, 6) is -2.55. The van der Waals surface area contributed by atoms with Crippen LogP contribution >= 0.6 is 0 Å². The Morgan fingerprint density at radius 3 is 1.89 bits per heavy atom. The predicted octanol–water partition coefficient (Wildman–Crippen LogP) is -2.84. The van der Waals surface area contributed by atoms with Crippen molar-refractivity contribution >= 4 is 17.8 Å². The molecular weight excluding hydrogens is 260 g/mol. The van der Waals surface area contributed by atoms with Gasteiger partial charge in [-0.05, 0) is 0 Å². The van der Waals surface area contributed by atoms with E-state index in [9.17, 15) is 24.6 Å². The third-order valence-electron chi connectivity index (χ3n) is 2.64. The van der Waals surface area contributed by atoms with E-state index in [-0.39, 0.29) is 0 Å². The first-order chi connectivity index (χ1) is 8.73. The fraction of sp³-hybridized carbons (Fsp3) is 0.700. The molecule has 0 aromatic rings. The van der Waals surface area contributed by atoms with Gasteiger partial charge in [-0.15, -0.1) is 0 Å². The van der Waals surface area contributed by atoms with Crippen LogP contribution < -0.4 is 10.6 Å². The highest BCUT2D eigenvalue weighted by atomic mass is 16.6. The summed E-state index contributed by atoms with van der Waals surface area (Å²) < 4.78 is 4.73. The van der Waals surface area contributed by atoms with Crippen LogP contribution in [0.15, 0.2) is 0 Å². The molecule has 1 aliphatic rings. The van der Waals surface area contributed by atoms with Crippen molar-refractivity contribution in [3.8, 4) is 0 Å². The number of aliphatic hydroxyl groups is 2. The molecule has 5 N–H and O–H groups in total. The number of carbonyl (C=O) groups excluding carboxylic acids is 2. The molecule has 0 spiro atoms. The number of carbonyl (C=O) groups is 3. The summed E-state index contributed by atoms with van der Waals surface area (Å²) in [6.45, 7) is 2.34. The molecule has 0 bridgehead atoms. The second-order valence-corrected chi connectivity index (χ2v) is 4.23. The first-order valence-corrected chi connectivity index (χ1v) is 5.52. The normalized spacial score (nSPS) is 34.4. The Kier molecular flexibility index (Phi) is 4.81. The molecule has 0 aliphatic carbocycles. The van der Waals surface area contributed by atoms with Gasteiger partial charge in [-0.1, -0.05) is 0 Å². The van der Waals surface area contributed by atoms with E-state index < -0.39 is 48.4 Å². The molecule has 1 aliphatic heterocycles. The molecule has 1 heterocycles. The van der Waals surface area contributed by atoms with Crippen molar-refractivity contribution in [2.45, 2.75) is 44.4 Å². The second kappa shape index (κ2) is 5.95. The van der Waals surface area contributed by atoms with Crippen molar-refractivity contribution in [3.05, 3.63) is 0 Å². The van der Waals surface area contributed by atoms with Crippen LogP contribution in [0.2, 0.25) is 0 Å². The largest absolute Gasteiger partial charge is 0.479 e. The predicted molar refractivity (Wildman–Crippen MR) is 59.7 cm³/mol. The van der Waals surface area contributed by atoms with Crippen LogP contribution in [0.4, 0.5) is 0 Å². The van der Waals surface area contributed by atoms with Crippen LogP contribution in [0.25, 0.3) is 0 Å². The Hall–Kier alpha value is -1.71. The van der Waals surface area contributed by atoms with Gasteiger partial charge in [0, 0.05) is 13.8 Å². The van der Waals surface area contributed by atoms with E-state index >= 15 is 0 Å². The summed E-state index contributed by atoms with van der Waals surface area (Å²) in [4.78, 5) is 33.0. The molecule has 1 saturated heterocycles. The first-order valence-electron chi connectivity index (χ1n) is 5.52. The van der Waals surface area contributed by atoms with Crippen molar-refractivity contribution < 1.29 is 34.4 Å². The Morgan fingerprint density at radius 1 is 1.00 bits per heavy atom. The molecule has 5 atom stereocenters. The van der Waals surface area contributed by atoms with Crippen molar-refractivity contribution in [1.82, 2.24) is 10.6 Å². The molecule has 1 unspecified atom stereocenters. The molecule has 9 heteroatoms. The number of aliphatic carboxylic acids is 1. The number of nitrogens with one attached hydrogen (secondary N) is 2. The van der Waals surface area contributed by atoms with Gasteiger partial charge in [0.15, 0.2) is 12.4 Å². The summed E-state index contributed by atoms with van der Waals surface area (Å²) in [5, 5.41) is 33.0. The molecular formula is C10H16N2O7. The van der Waals surface area contributed by atoms with E-state index in [1.54, 1.807) is 0 Å². The molecule has 2 amide bonds. The highest BCUT2D eigenvalue weighted by Crippen LogP contribution is 2.20. The number of rotatable bonds is 3. The fourth-order valence-electron chi connectivity index (χ4n) is 1.90. The number of aliphatic hydroxyl groups excluding tert-OH is 2. The molecule has 19 heavy (non-hydrogen) atoms. The maximum Gasteiger partial charge on any atom is 0.335 e. The number of hydrogen-bond donors (Lipinski definition) is 5. The van der Waals surface area contributed by atoms with Crippen LogP contribution in [0.3, 0.4) is 0 Å². The van der Waals surface area contributed by atoms with Gasteiger partial charge in [-0.2, -0.15) is 0 Å². The third-order valence-corrected chi connectivity index (χ3v) is 2.64. The lowest BCUT2D eigenvalue weighted by Gasteiger charge is -2.41. The number of amides is 2. The lowest BCUT2D eigenvalue weighted by atomic mass is 9.93. The topological polar surface area (TPSA) is 145 Å². The summed E-state index contributed by atoms with van der Waals surface area (Å²) in [5.41, 5.74) is 0. The second-order valence-electron chi connectivity index (χ2n) is 4.23. The standard InChI is InChI=1S/C10H16N2O7/c1-3(13)11-5-6(12-4(2)14)10(18)19-8(7(5)15)9(16)17/h5-8,10,15,18H,1-2H3,(H,11,13)(H,12,14)(H,16,17)/t5-,6-,7+,8+,10?/m1/s1. The maximum absolute atomic E-state index is 11.1. The van der Waals surface area contributed by atoms with Gasteiger partial charge in [0.25, 0.3) is 0 Å². The monoisotopic (exact) mass is 276 g/mol. The molecule has 0 aromatic carbocycles. The Morgan fingerprint density at radius 2 is 1.47 bits per heavy atom. The SMILES string of the molecule is CC(=O)N[C@H]1[C@H](O)[C@@H](C(=O)O)OC(O)[C@@H]1NC(C)=O. The molecule has 9 nitrogen and oxygen atoms in total. The van der Waals surface area contributed by atoms with Gasteiger partial charge in [0.05, 0.1) is 6.04 Å². The van der Waals surface area contributed by atoms with E-state index in [4.69, 9.17) is 9.84 Å². The minimum absolute atomic E-state index is 0.524. The number of carboxylic acids is 1. The summed E-state index contributed by atoms with van der Waals surface area (Å²) in [6.07, 6.45) is -4.97. The van der Waals surface area contributed by atoms with Crippen LogP contribution in [-0.2, 0) is 19.1 Å².